The Balaban J connectivity index is 2.15. The van der Waals surface area contributed by atoms with Crippen molar-refractivity contribution in [3.8, 4) is 11.8 Å². The third-order valence-corrected chi connectivity index (χ3v) is 3.14. The number of aromatic hydroxyl groups is 2. The minimum absolute atomic E-state index is 0.0184. The second kappa shape index (κ2) is 5.88. The molecule has 0 radical (unpaired) electrons. The molecule has 0 aliphatic carbocycles. The molecule has 1 heterocycles. The van der Waals surface area contributed by atoms with Crippen LogP contribution in [0.25, 0.3) is 10.8 Å². The quantitative estimate of drug-likeness (QED) is 0.627. The van der Waals surface area contributed by atoms with E-state index in [0.29, 0.717) is 23.1 Å². The van der Waals surface area contributed by atoms with E-state index in [1.54, 1.807) is 24.3 Å². The number of fused-ring (bicyclic) bond motifs is 1. The van der Waals surface area contributed by atoms with Crippen molar-refractivity contribution >= 4 is 29.3 Å². The van der Waals surface area contributed by atoms with Crippen LogP contribution in [0.5, 0.6) is 11.8 Å². The molecular weight excluding hydrogens is 264 g/mol. The second-order valence-corrected chi connectivity index (χ2v) is 4.62. The molecule has 3 N–H and O–H groups in total. The van der Waals surface area contributed by atoms with E-state index >= 15 is 0 Å². The van der Waals surface area contributed by atoms with Crippen LogP contribution in [0.15, 0.2) is 24.3 Å². The lowest BCUT2D eigenvalue weighted by molar-refractivity contribution is -0.121. The molecule has 0 aliphatic rings. The lowest BCUT2D eigenvalue weighted by Crippen LogP contribution is -2.26. The molecule has 1 amide bonds. The van der Waals surface area contributed by atoms with Crippen LogP contribution in [0, 0.1) is 0 Å². The molecule has 0 atom stereocenters. The Morgan fingerprint density at radius 3 is 2.32 bits per heavy atom. The molecule has 2 rings (SSSR count). The number of nitrogens with zero attached hydrogens (tertiary/aromatic N) is 1. The van der Waals surface area contributed by atoms with Gasteiger partial charge in [-0.05, 0) is 12.1 Å². The molecule has 0 spiro atoms. The van der Waals surface area contributed by atoms with Crippen LogP contribution in [0.4, 0.5) is 0 Å². The van der Waals surface area contributed by atoms with Crippen LogP contribution in [0.2, 0.25) is 0 Å². The average Bonchev–Trinajstić information content (AvgIpc) is 2.67. The van der Waals surface area contributed by atoms with Crippen molar-refractivity contribution in [3.63, 3.8) is 0 Å². The number of carbonyl (C=O) groups is 1. The fourth-order valence-corrected chi connectivity index (χ4v) is 2.08. The topological polar surface area (TPSA) is 74.5 Å². The van der Waals surface area contributed by atoms with Gasteiger partial charge in [-0.25, -0.2) is 0 Å². The molecule has 102 valence electrons. The Bertz CT molecular complexity index is 556. The van der Waals surface area contributed by atoms with Crippen molar-refractivity contribution in [1.82, 2.24) is 9.88 Å². The van der Waals surface area contributed by atoms with Gasteiger partial charge in [-0.2, -0.15) is 12.6 Å². The van der Waals surface area contributed by atoms with Crippen molar-refractivity contribution in [2.45, 2.75) is 13.0 Å². The fraction of sp³-hybridized carbons (Fsp3) is 0.308. The second-order valence-electron chi connectivity index (χ2n) is 4.17. The van der Waals surface area contributed by atoms with E-state index < -0.39 is 0 Å². The monoisotopic (exact) mass is 280 g/mol. The third kappa shape index (κ3) is 2.78. The summed E-state index contributed by atoms with van der Waals surface area (Å²) in [6.07, 6.45) is 0.190. The zero-order valence-electron chi connectivity index (χ0n) is 10.3. The van der Waals surface area contributed by atoms with Crippen molar-refractivity contribution in [2.24, 2.45) is 0 Å². The Hall–Kier alpha value is -1.82. The molecule has 0 fully saturated rings. The molecule has 1 aromatic heterocycles. The van der Waals surface area contributed by atoms with E-state index in [9.17, 15) is 15.0 Å². The highest BCUT2D eigenvalue weighted by Crippen LogP contribution is 2.35. The lowest BCUT2D eigenvalue weighted by Gasteiger charge is -2.07. The first-order valence-electron chi connectivity index (χ1n) is 6.02. The normalized spacial score (nSPS) is 10.8. The van der Waals surface area contributed by atoms with Gasteiger partial charge in [0.2, 0.25) is 17.7 Å². The third-order valence-electron chi connectivity index (χ3n) is 2.92. The maximum absolute atomic E-state index is 11.5. The number of nitrogens with one attached hydrogen (secondary N) is 1. The van der Waals surface area contributed by atoms with Gasteiger partial charge in [-0.1, -0.05) is 12.1 Å². The summed E-state index contributed by atoms with van der Waals surface area (Å²) in [5, 5.41) is 23.9. The number of carbonyl (C=O) groups excluding carboxylic acids is 1. The first-order valence-corrected chi connectivity index (χ1v) is 6.65. The maximum Gasteiger partial charge on any atom is 0.221 e. The molecule has 0 saturated heterocycles. The number of benzene rings is 1. The van der Waals surface area contributed by atoms with Gasteiger partial charge in [0, 0.05) is 36.0 Å². The van der Waals surface area contributed by atoms with Crippen LogP contribution < -0.4 is 5.32 Å². The van der Waals surface area contributed by atoms with E-state index in [4.69, 9.17) is 0 Å². The summed E-state index contributed by atoms with van der Waals surface area (Å²) in [5.74, 6) is 0.408. The van der Waals surface area contributed by atoms with Gasteiger partial charge in [0.15, 0.2) is 0 Å². The summed E-state index contributed by atoms with van der Waals surface area (Å²) in [5.41, 5.74) is 0. The van der Waals surface area contributed by atoms with Crippen LogP contribution in [0.3, 0.4) is 0 Å². The number of aromatic nitrogens is 1. The Labute approximate surface area is 116 Å². The van der Waals surface area contributed by atoms with Crippen molar-refractivity contribution in [1.29, 1.82) is 0 Å². The summed E-state index contributed by atoms with van der Waals surface area (Å²) in [4.78, 5) is 11.5. The highest BCUT2D eigenvalue weighted by molar-refractivity contribution is 7.80. The minimum Gasteiger partial charge on any atom is -0.494 e. The van der Waals surface area contributed by atoms with Gasteiger partial charge in [-0.15, -0.1) is 0 Å². The Morgan fingerprint density at radius 2 is 1.79 bits per heavy atom. The molecule has 0 bridgehead atoms. The summed E-state index contributed by atoms with van der Waals surface area (Å²) in [6, 6.07) is 7.01. The number of hydrogen-bond acceptors (Lipinski definition) is 4. The molecule has 2 aromatic rings. The first-order chi connectivity index (χ1) is 9.15. The predicted molar refractivity (Wildman–Crippen MR) is 76.7 cm³/mol. The zero-order valence-corrected chi connectivity index (χ0v) is 11.2. The molecule has 5 nitrogen and oxygen atoms in total. The standard InChI is InChI=1S/C13H16N2O3S/c16-11(14-6-8-19)5-7-15-12(17)9-3-1-2-4-10(9)13(15)18/h1-4,17-19H,5-8H2,(H,14,16). The van der Waals surface area contributed by atoms with Gasteiger partial charge in [0.05, 0.1) is 0 Å². The van der Waals surface area contributed by atoms with Gasteiger partial charge >= 0.3 is 0 Å². The summed E-state index contributed by atoms with van der Waals surface area (Å²) >= 11 is 4.00. The lowest BCUT2D eigenvalue weighted by atomic mass is 10.2. The van der Waals surface area contributed by atoms with Gasteiger partial charge in [0.1, 0.15) is 0 Å². The van der Waals surface area contributed by atoms with E-state index in [1.807, 2.05) is 0 Å². The van der Waals surface area contributed by atoms with E-state index in [1.165, 1.54) is 4.57 Å². The van der Waals surface area contributed by atoms with Crippen molar-refractivity contribution in [3.05, 3.63) is 24.3 Å². The number of hydrogen-bond donors (Lipinski definition) is 4. The van der Waals surface area contributed by atoms with E-state index in [2.05, 4.69) is 17.9 Å². The minimum atomic E-state index is -0.134. The van der Waals surface area contributed by atoms with Crippen LogP contribution in [-0.4, -0.2) is 33.0 Å². The molecule has 19 heavy (non-hydrogen) atoms. The Morgan fingerprint density at radius 1 is 1.21 bits per heavy atom. The summed E-state index contributed by atoms with van der Waals surface area (Å²) in [7, 11) is 0. The molecule has 6 heteroatoms. The molecule has 0 saturated carbocycles. The van der Waals surface area contributed by atoms with Gasteiger partial charge < -0.3 is 15.5 Å². The predicted octanol–water partition coefficient (Wildman–Crippen LogP) is 1.49. The molecule has 1 aromatic carbocycles. The van der Waals surface area contributed by atoms with E-state index in [-0.39, 0.29) is 30.6 Å². The maximum atomic E-state index is 11.5. The Kier molecular flexibility index (Phi) is 4.21. The number of rotatable bonds is 5. The van der Waals surface area contributed by atoms with Crippen LogP contribution in [-0.2, 0) is 11.3 Å². The largest absolute Gasteiger partial charge is 0.494 e. The highest BCUT2D eigenvalue weighted by atomic mass is 32.1. The summed E-state index contributed by atoms with van der Waals surface area (Å²) in [6.45, 7) is 0.734. The van der Waals surface area contributed by atoms with Crippen molar-refractivity contribution < 1.29 is 15.0 Å². The average molecular weight is 280 g/mol. The molecule has 0 aliphatic heterocycles. The number of thiol groups is 1. The number of amides is 1. The summed E-state index contributed by atoms with van der Waals surface area (Å²) < 4.78 is 1.34. The SMILES string of the molecule is O=C(CCn1c(O)c2ccccc2c1O)NCCS. The molecular formula is C13H16N2O3S. The zero-order chi connectivity index (χ0) is 13.8. The van der Waals surface area contributed by atoms with Gasteiger partial charge in [0.25, 0.3) is 0 Å². The highest BCUT2D eigenvalue weighted by Gasteiger charge is 2.15. The van der Waals surface area contributed by atoms with Crippen LogP contribution in [0.1, 0.15) is 6.42 Å². The fourth-order valence-electron chi connectivity index (χ4n) is 1.97. The van der Waals surface area contributed by atoms with Crippen LogP contribution >= 0.6 is 12.6 Å². The smallest absolute Gasteiger partial charge is 0.221 e. The molecule has 0 unspecified atom stereocenters. The van der Waals surface area contributed by atoms with Crippen molar-refractivity contribution in [2.75, 3.05) is 12.3 Å². The van der Waals surface area contributed by atoms with E-state index in [0.717, 1.165) is 0 Å². The van der Waals surface area contributed by atoms with Gasteiger partial charge in [-0.3, -0.25) is 9.36 Å². The first kappa shape index (κ1) is 13.6.